The predicted molar refractivity (Wildman–Crippen MR) is 56.6 cm³/mol. The van der Waals surface area contributed by atoms with Crippen LogP contribution in [0.25, 0.3) is 0 Å². The summed E-state index contributed by atoms with van der Waals surface area (Å²) >= 11 is 0. The first-order chi connectivity index (χ1) is 8.36. The maximum atomic E-state index is 11.0. The van der Waals surface area contributed by atoms with Crippen LogP contribution >= 0.6 is 0 Å². The molecule has 0 aliphatic carbocycles. The van der Waals surface area contributed by atoms with Crippen LogP contribution in [0.15, 0.2) is 25.7 Å². The van der Waals surface area contributed by atoms with E-state index < -0.39 is 36.4 Å². The van der Waals surface area contributed by atoms with Gasteiger partial charge in [0.2, 0.25) is 0 Å². The molecule has 0 bridgehead atoms. The Kier molecular flexibility index (Phi) is 6.83. The molecule has 4 N–H and O–H groups in total. The first-order valence-electron chi connectivity index (χ1n) is 4.71. The Bertz CT molecular complexity index is 294. The lowest BCUT2D eigenvalue weighted by Gasteiger charge is -2.23. The Morgan fingerprint density at radius 2 is 1.11 bits per heavy atom. The monoisotopic (exact) mass is 262 g/mol. The highest BCUT2D eigenvalue weighted by Gasteiger charge is 2.38. The molecule has 0 aliphatic heterocycles. The second-order valence-electron chi connectivity index (χ2n) is 3.08. The van der Waals surface area contributed by atoms with Crippen molar-refractivity contribution >= 4 is 11.9 Å². The first kappa shape index (κ1) is 16.3. The summed E-state index contributed by atoms with van der Waals surface area (Å²) in [6.45, 7) is 6.08. The molecule has 0 saturated carbocycles. The second kappa shape index (κ2) is 7.56. The van der Waals surface area contributed by atoms with Crippen LogP contribution in [0.3, 0.4) is 0 Å². The van der Waals surface area contributed by atoms with Gasteiger partial charge >= 0.3 is 11.9 Å². The molecular formula is C10H14O8. The van der Waals surface area contributed by atoms with Crippen LogP contribution in [-0.4, -0.2) is 56.8 Å². The van der Waals surface area contributed by atoms with E-state index >= 15 is 0 Å². The molecular weight excluding hydrogens is 248 g/mol. The van der Waals surface area contributed by atoms with Crippen molar-refractivity contribution in [3.8, 4) is 0 Å². The molecule has 0 heterocycles. The number of aliphatic hydroxyl groups is 4. The second-order valence-corrected chi connectivity index (χ2v) is 3.08. The molecule has 0 aromatic carbocycles. The highest BCUT2D eigenvalue weighted by atomic mass is 16.6. The molecule has 0 spiro atoms. The quantitative estimate of drug-likeness (QED) is 0.300. The zero-order chi connectivity index (χ0) is 14.3. The van der Waals surface area contributed by atoms with Crippen LogP contribution in [0.5, 0.6) is 0 Å². The van der Waals surface area contributed by atoms with Gasteiger partial charge in [-0.2, -0.15) is 0 Å². The number of carbonyl (C=O) groups is 2. The summed E-state index contributed by atoms with van der Waals surface area (Å²) in [5.41, 5.74) is 0. The van der Waals surface area contributed by atoms with Crippen molar-refractivity contribution in [1.29, 1.82) is 0 Å². The number of carbonyl (C=O) groups excluding carboxylic acids is 2. The van der Waals surface area contributed by atoms with E-state index in [9.17, 15) is 30.0 Å². The topological polar surface area (TPSA) is 134 Å². The lowest BCUT2D eigenvalue weighted by atomic mass is 10.0. The number of ether oxygens (including phenoxy) is 2. The molecule has 0 amide bonds. The van der Waals surface area contributed by atoms with Crippen molar-refractivity contribution in [2.75, 3.05) is 0 Å². The summed E-state index contributed by atoms with van der Waals surface area (Å²) in [5.74, 6) is -2.61. The van der Waals surface area contributed by atoms with Crippen LogP contribution in [0, 0.1) is 0 Å². The van der Waals surface area contributed by atoms with Crippen molar-refractivity contribution in [2.45, 2.75) is 24.4 Å². The first-order valence-corrected chi connectivity index (χ1v) is 4.71. The van der Waals surface area contributed by atoms with Crippen molar-refractivity contribution in [2.24, 2.45) is 0 Å². The molecule has 8 heteroatoms. The molecule has 102 valence electrons. The molecule has 18 heavy (non-hydrogen) atoms. The lowest BCUT2D eigenvalue weighted by molar-refractivity contribution is -0.173. The molecule has 4 atom stereocenters. The van der Waals surface area contributed by atoms with Crippen molar-refractivity contribution in [3.05, 3.63) is 25.7 Å². The average Bonchev–Trinajstić information content (AvgIpc) is 2.35. The summed E-state index contributed by atoms with van der Waals surface area (Å²) in [7, 11) is 0. The molecule has 0 aromatic heterocycles. The van der Waals surface area contributed by atoms with Gasteiger partial charge in [0.25, 0.3) is 0 Å². The van der Waals surface area contributed by atoms with Gasteiger partial charge in [-0.3, -0.25) is 0 Å². The molecule has 8 nitrogen and oxygen atoms in total. The average molecular weight is 262 g/mol. The van der Waals surface area contributed by atoms with Gasteiger partial charge in [-0.25, -0.2) is 9.59 Å². The predicted octanol–water partition coefficient (Wildman–Crippen LogP) is -2.20. The van der Waals surface area contributed by atoms with Crippen LogP contribution in [0.4, 0.5) is 0 Å². The fourth-order valence-corrected chi connectivity index (χ4v) is 0.956. The molecule has 0 radical (unpaired) electrons. The number of hydrogen-bond acceptors (Lipinski definition) is 8. The fourth-order valence-electron chi connectivity index (χ4n) is 0.956. The molecule has 0 unspecified atom stereocenters. The van der Waals surface area contributed by atoms with Crippen molar-refractivity contribution < 1.29 is 39.5 Å². The maximum Gasteiger partial charge on any atom is 0.342 e. The molecule has 0 fully saturated rings. The lowest BCUT2D eigenvalue weighted by Crippen LogP contribution is -2.50. The molecule has 0 aromatic rings. The normalized spacial score (nSPS) is 16.9. The van der Waals surface area contributed by atoms with Gasteiger partial charge in [-0.15, -0.1) is 0 Å². The summed E-state index contributed by atoms with van der Waals surface area (Å²) in [6, 6.07) is 0. The summed E-state index contributed by atoms with van der Waals surface area (Å²) in [4.78, 5) is 22.0. The van der Waals surface area contributed by atoms with E-state index in [1.807, 2.05) is 0 Å². The number of aliphatic hydroxyl groups excluding tert-OH is 4. The molecule has 0 aliphatic rings. The van der Waals surface area contributed by atoms with Crippen molar-refractivity contribution in [1.82, 2.24) is 0 Å². The van der Waals surface area contributed by atoms with Crippen molar-refractivity contribution in [3.63, 3.8) is 0 Å². The van der Waals surface area contributed by atoms with Gasteiger partial charge in [-0.1, -0.05) is 13.2 Å². The zero-order valence-corrected chi connectivity index (χ0v) is 9.30. The van der Waals surface area contributed by atoms with E-state index in [0.29, 0.717) is 12.5 Å². The van der Waals surface area contributed by atoms with Gasteiger partial charge in [-0.05, 0) is 0 Å². The molecule has 0 rings (SSSR count). The standard InChI is InChI=1S/C10H14O8/c1-3-17-9(15)7(13)5(11)6(12)8(14)10(16)18-4-2/h3-8,11-14H,1-2H2/t5-,6-,7-,8-/m0/s1. The summed E-state index contributed by atoms with van der Waals surface area (Å²) in [5, 5.41) is 37.1. The van der Waals surface area contributed by atoms with E-state index in [1.165, 1.54) is 0 Å². The smallest absolute Gasteiger partial charge is 0.342 e. The van der Waals surface area contributed by atoms with Crippen LogP contribution in [-0.2, 0) is 19.1 Å². The minimum absolute atomic E-state index is 0.701. The minimum atomic E-state index is -2.16. The number of rotatable bonds is 7. The SMILES string of the molecule is C=COC(=O)[C@@H](O)[C@@H](O)[C@H](O)[C@H](O)C(=O)OC=C. The van der Waals surface area contributed by atoms with Gasteiger partial charge in [0, 0.05) is 0 Å². The minimum Gasteiger partial charge on any atom is -0.433 e. The summed E-state index contributed by atoms with van der Waals surface area (Å²) < 4.78 is 8.31. The van der Waals surface area contributed by atoms with E-state index in [0.717, 1.165) is 0 Å². The van der Waals surface area contributed by atoms with E-state index in [1.54, 1.807) is 0 Å². The highest BCUT2D eigenvalue weighted by Crippen LogP contribution is 2.08. The fraction of sp³-hybridized carbons (Fsp3) is 0.400. The maximum absolute atomic E-state index is 11.0. The van der Waals surface area contributed by atoms with Crippen LogP contribution < -0.4 is 0 Å². The van der Waals surface area contributed by atoms with Gasteiger partial charge in [0.15, 0.2) is 12.2 Å². The Balaban J connectivity index is 4.61. The Labute approximate surface area is 102 Å². The van der Waals surface area contributed by atoms with E-state index in [2.05, 4.69) is 22.6 Å². The summed E-state index contributed by atoms with van der Waals surface area (Å²) in [6.07, 6.45) is -7.22. The van der Waals surface area contributed by atoms with Crippen LogP contribution in [0.2, 0.25) is 0 Å². The van der Waals surface area contributed by atoms with Gasteiger partial charge in [0.05, 0.1) is 12.5 Å². The van der Waals surface area contributed by atoms with E-state index in [-0.39, 0.29) is 0 Å². The Morgan fingerprint density at radius 3 is 1.33 bits per heavy atom. The number of esters is 2. The highest BCUT2D eigenvalue weighted by molar-refractivity contribution is 5.77. The van der Waals surface area contributed by atoms with Gasteiger partial charge < -0.3 is 29.9 Å². The Hall–Kier alpha value is -1.74. The largest absolute Gasteiger partial charge is 0.433 e. The van der Waals surface area contributed by atoms with E-state index in [4.69, 9.17) is 0 Å². The van der Waals surface area contributed by atoms with Gasteiger partial charge in [0.1, 0.15) is 12.2 Å². The number of hydrogen-bond donors (Lipinski definition) is 4. The third-order valence-corrected chi connectivity index (χ3v) is 1.88. The third kappa shape index (κ3) is 4.26. The molecule has 0 saturated heterocycles. The Morgan fingerprint density at radius 1 is 0.833 bits per heavy atom. The zero-order valence-electron chi connectivity index (χ0n) is 9.30. The third-order valence-electron chi connectivity index (χ3n) is 1.88. The van der Waals surface area contributed by atoms with Crippen LogP contribution in [0.1, 0.15) is 0 Å².